The Morgan fingerprint density at radius 2 is 1.81 bits per heavy atom. The first-order valence-corrected chi connectivity index (χ1v) is 9.15. The van der Waals surface area contributed by atoms with Crippen molar-refractivity contribution >= 4 is 17.0 Å². The molecule has 2 aromatic carbocycles. The van der Waals surface area contributed by atoms with E-state index in [1.165, 1.54) is 7.11 Å². The summed E-state index contributed by atoms with van der Waals surface area (Å²) in [6.07, 6.45) is 1.51. The average molecular weight is 366 g/mol. The summed E-state index contributed by atoms with van der Waals surface area (Å²) in [6.45, 7) is 4.35. The van der Waals surface area contributed by atoms with Crippen LogP contribution in [0.15, 0.2) is 48.5 Å². The number of rotatable bonds is 7. The number of methoxy groups -OCH3 is 1. The lowest BCUT2D eigenvalue weighted by molar-refractivity contribution is -0.151. The molecule has 0 aliphatic carbocycles. The molecule has 5 nitrogen and oxygen atoms in total. The Morgan fingerprint density at radius 3 is 2.48 bits per heavy atom. The minimum absolute atomic E-state index is 0.186. The van der Waals surface area contributed by atoms with E-state index in [1.54, 1.807) is 0 Å². The highest BCUT2D eigenvalue weighted by Crippen LogP contribution is 2.26. The van der Waals surface area contributed by atoms with E-state index in [-0.39, 0.29) is 5.97 Å². The second-order valence-corrected chi connectivity index (χ2v) is 7.33. The Hall–Kier alpha value is -2.82. The molecule has 1 heterocycles. The van der Waals surface area contributed by atoms with E-state index < -0.39 is 5.41 Å². The first-order chi connectivity index (χ1) is 12.9. The molecule has 1 aromatic heterocycles. The van der Waals surface area contributed by atoms with Crippen molar-refractivity contribution in [2.24, 2.45) is 12.5 Å². The number of aromatic nitrogens is 2. The van der Waals surface area contributed by atoms with E-state index >= 15 is 0 Å². The van der Waals surface area contributed by atoms with Crippen LogP contribution in [0.4, 0.5) is 0 Å². The van der Waals surface area contributed by atoms with Gasteiger partial charge in [0.25, 0.3) is 0 Å². The number of ether oxygens (including phenoxy) is 2. The Labute approximate surface area is 159 Å². The van der Waals surface area contributed by atoms with Crippen LogP contribution in [0, 0.1) is 5.41 Å². The van der Waals surface area contributed by atoms with Gasteiger partial charge in [-0.3, -0.25) is 4.79 Å². The van der Waals surface area contributed by atoms with E-state index in [1.807, 2.05) is 63.4 Å². The minimum atomic E-state index is -0.484. The fraction of sp³-hybridized carbons (Fsp3) is 0.364. The number of carbonyl (C=O) groups is 1. The van der Waals surface area contributed by atoms with Crippen molar-refractivity contribution in [2.75, 3.05) is 13.7 Å². The predicted octanol–water partition coefficient (Wildman–Crippen LogP) is 4.60. The molecule has 0 fully saturated rings. The molecule has 142 valence electrons. The third-order valence-electron chi connectivity index (χ3n) is 4.85. The van der Waals surface area contributed by atoms with Gasteiger partial charge in [0.1, 0.15) is 11.6 Å². The van der Waals surface area contributed by atoms with Gasteiger partial charge < -0.3 is 14.0 Å². The molecule has 0 saturated carbocycles. The van der Waals surface area contributed by atoms with Crippen molar-refractivity contribution in [1.29, 1.82) is 0 Å². The summed E-state index contributed by atoms with van der Waals surface area (Å²) in [4.78, 5) is 16.4. The summed E-state index contributed by atoms with van der Waals surface area (Å²) in [7, 11) is 3.45. The highest BCUT2D eigenvalue weighted by molar-refractivity contribution is 5.80. The van der Waals surface area contributed by atoms with Crippen molar-refractivity contribution < 1.29 is 14.3 Å². The highest BCUT2D eigenvalue weighted by Gasteiger charge is 2.27. The molecule has 3 rings (SSSR count). The molecule has 0 aliphatic rings. The van der Waals surface area contributed by atoms with Gasteiger partial charge >= 0.3 is 5.97 Å². The Bertz CT molecular complexity index is 926. The van der Waals surface area contributed by atoms with Crippen LogP contribution in [0.3, 0.4) is 0 Å². The highest BCUT2D eigenvalue weighted by atomic mass is 16.5. The molecule has 0 atom stereocenters. The van der Waals surface area contributed by atoms with Gasteiger partial charge in [-0.2, -0.15) is 0 Å². The fourth-order valence-corrected chi connectivity index (χ4v) is 3.19. The zero-order valence-corrected chi connectivity index (χ0v) is 16.4. The van der Waals surface area contributed by atoms with E-state index in [9.17, 15) is 4.79 Å². The number of hydrogen-bond donors (Lipinski definition) is 0. The quantitative estimate of drug-likeness (QED) is 0.453. The topological polar surface area (TPSA) is 53.4 Å². The first kappa shape index (κ1) is 19.0. The number of nitrogens with zero attached hydrogens (tertiary/aromatic N) is 2. The lowest BCUT2D eigenvalue weighted by Gasteiger charge is -2.21. The average Bonchev–Trinajstić information content (AvgIpc) is 3.02. The molecule has 0 N–H and O–H groups in total. The molecule has 0 spiro atoms. The van der Waals surface area contributed by atoms with Crippen LogP contribution >= 0.6 is 0 Å². The van der Waals surface area contributed by atoms with Crippen LogP contribution in [0.1, 0.15) is 26.7 Å². The van der Waals surface area contributed by atoms with E-state index in [2.05, 4.69) is 10.6 Å². The number of fused-ring (bicyclic) bond motifs is 1. The molecule has 27 heavy (non-hydrogen) atoms. The zero-order valence-electron chi connectivity index (χ0n) is 16.4. The number of hydrogen-bond acceptors (Lipinski definition) is 4. The van der Waals surface area contributed by atoms with Crippen LogP contribution in [0.25, 0.3) is 22.4 Å². The van der Waals surface area contributed by atoms with Crippen molar-refractivity contribution in [3.63, 3.8) is 0 Å². The van der Waals surface area contributed by atoms with Gasteiger partial charge in [-0.05, 0) is 63.1 Å². The third kappa shape index (κ3) is 4.13. The molecule has 5 heteroatoms. The van der Waals surface area contributed by atoms with E-state index in [4.69, 9.17) is 14.5 Å². The van der Waals surface area contributed by atoms with Gasteiger partial charge in [0.2, 0.25) is 0 Å². The monoisotopic (exact) mass is 366 g/mol. The SMILES string of the molecule is COC(=O)C(C)(C)CCCOc1ccc(-c2nc3ccccc3n2C)cc1. The lowest BCUT2D eigenvalue weighted by atomic mass is 9.88. The number of esters is 1. The number of para-hydroxylation sites is 2. The molecule has 3 aromatic rings. The predicted molar refractivity (Wildman–Crippen MR) is 107 cm³/mol. The summed E-state index contributed by atoms with van der Waals surface area (Å²) < 4.78 is 12.7. The van der Waals surface area contributed by atoms with Crippen LogP contribution in [0.2, 0.25) is 0 Å². The van der Waals surface area contributed by atoms with Crippen LogP contribution in [0.5, 0.6) is 5.75 Å². The van der Waals surface area contributed by atoms with Gasteiger partial charge in [-0.25, -0.2) is 4.98 Å². The maximum absolute atomic E-state index is 11.7. The van der Waals surface area contributed by atoms with Gasteiger partial charge in [-0.15, -0.1) is 0 Å². The van der Waals surface area contributed by atoms with Gasteiger partial charge in [0.15, 0.2) is 0 Å². The molecule has 0 radical (unpaired) electrons. The molecular formula is C22H26N2O3. The summed E-state index contributed by atoms with van der Waals surface area (Å²) in [5.41, 5.74) is 2.67. The number of aryl methyl sites for hydroxylation is 1. The zero-order chi connectivity index (χ0) is 19.4. The minimum Gasteiger partial charge on any atom is -0.494 e. The summed E-state index contributed by atoms with van der Waals surface area (Å²) in [6, 6.07) is 16.1. The molecule has 0 bridgehead atoms. The van der Waals surface area contributed by atoms with Crippen molar-refractivity contribution in [1.82, 2.24) is 9.55 Å². The Morgan fingerprint density at radius 1 is 1.11 bits per heavy atom. The van der Waals surface area contributed by atoms with Gasteiger partial charge in [-0.1, -0.05) is 12.1 Å². The largest absolute Gasteiger partial charge is 0.494 e. The van der Waals surface area contributed by atoms with Crippen molar-refractivity contribution in [2.45, 2.75) is 26.7 Å². The Balaban J connectivity index is 1.60. The summed E-state index contributed by atoms with van der Waals surface area (Å²) in [5, 5.41) is 0. The van der Waals surface area contributed by atoms with Crippen molar-refractivity contribution in [3.8, 4) is 17.1 Å². The first-order valence-electron chi connectivity index (χ1n) is 9.15. The molecular weight excluding hydrogens is 340 g/mol. The standard InChI is InChI=1S/C22H26N2O3/c1-22(2,21(25)26-4)14-7-15-27-17-12-10-16(11-13-17)20-23-18-8-5-6-9-19(18)24(20)3/h5-6,8-13H,7,14-15H2,1-4H3. The Kier molecular flexibility index (Phi) is 5.49. The third-order valence-corrected chi connectivity index (χ3v) is 4.85. The number of benzene rings is 2. The number of carbonyl (C=O) groups excluding carboxylic acids is 1. The number of imidazole rings is 1. The van der Waals surface area contributed by atoms with E-state index in [0.717, 1.165) is 41.0 Å². The summed E-state index contributed by atoms with van der Waals surface area (Å²) >= 11 is 0. The van der Waals surface area contributed by atoms with Crippen LogP contribution in [-0.4, -0.2) is 29.2 Å². The second-order valence-electron chi connectivity index (χ2n) is 7.33. The second kappa shape index (κ2) is 7.82. The van der Waals surface area contributed by atoms with E-state index in [0.29, 0.717) is 6.61 Å². The maximum Gasteiger partial charge on any atom is 0.311 e. The normalized spacial score (nSPS) is 11.6. The molecule has 0 unspecified atom stereocenters. The molecule has 0 aliphatic heterocycles. The lowest BCUT2D eigenvalue weighted by Crippen LogP contribution is -2.26. The van der Waals surface area contributed by atoms with Gasteiger partial charge in [0.05, 0.1) is 30.2 Å². The van der Waals surface area contributed by atoms with Gasteiger partial charge in [0, 0.05) is 12.6 Å². The smallest absolute Gasteiger partial charge is 0.311 e. The fourth-order valence-electron chi connectivity index (χ4n) is 3.19. The van der Waals surface area contributed by atoms with Crippen molar-refractivity contribution in [3.05, 3.63) is 48.5 Å². The summed E-state index contributed by atoms with van der Waals surface area (Å²) in [5.74, 6) is 1.56. The van der Waals surface area contributed by atoms with Crippen LogP contribution < -0.4 is 4.74 Å². The molecule has 0 saturated heterocycles. The van der Waals surface area contributed by atoms with Crippen LogP contribution in [-0.2, 0) is 16.6 Å². The maximum atomic E-state index is 11.7. The molecule has 0 amide bonds.